The molecule has 0 heterocycles. The highest BCUT2D eigenvalue weighted by Crippen LogP contribution is 2.26. The fourth-order valence-corrected chi connectivity index (χ4v) is 6.61. The minimum atomic E-state index is -1.93. The van der Waals surface area contributed by atoms with E-state index >= 15 is 0 Å². The predicted octanol–water partition coefficient (Wildman–Crippen LogP) is 5.73. The zero-order chi connectivity index (χ0) is 24.1. The number of benzene rings is 2. The second-order valence-electron chi connectivity index (χ2n) is 8.25. The second-order valence-corrected chi connectivity index (χ2v) is 13.0. The molecular weight excluding hydrogens is 432 g/mol. The van der Waals surface area contributed by atoms with E-state index in [0.29, 0.717) is 13.2 Å². The molecule has 3 atom stereocenters. The summed E-state index contributed by atoms with van der Waals surface area (Å²) in [4.78, 5) is 0. The Kier molecular flexibility index (Phi) is 11.8. The molecule has 0 aromatic heterocycles. The summed E-state index contributed by atoms with van der Waals surface area (Å²) in [5.41, 5.74) is 2.07. The molecule has 33 heavy (non-hydrogen) atoms. The summed E-state index contributed by atoms with van der Waals surface area (Å²) in [5.74, 6) is 0.805. The van der Waals surface area contributed by atoms with Crippen molar-refractivity contribution in [2.75, 3.05) is 13.7 Å². The van der Waals surface area contributed by atoms with Crippen molar-refractivity contribution in [2.45, 2.75) is 70.4 Å². The van der Waals surface area contributed by atoms with Crippen LogP contribution in [-0.2, 0) is 27.1 Å². The molecule has 182 valence electrons. The molecular formula is C27H40O5Si. The van der Waals surface area contributed by atoms with Crippen molar-refractivity contribution in [1.82, 2.24) is 0 Å². The summed E-state index contributed by atoms with van der Waals surface area (Å²) in [5, 5.41) is 11.3. The van der Waals surface area contributed by atoms with Crippen molar-refractivity contribution < 1.29 is 23.7 Å². The van der Waals surface area contributed by atoms with Crippen LogP contribution in [0.1, 0.15) is 31.9 Å². The van der Waals surface area contributed by atoms with E-state index in [2.05, 4.69) is 27.4 Å². The fraction of sp³-hybridized carbons (Fsp3) is 0.481. The van der Waals surface area contributed by atoms with Gasteiger partial charge in [-0.05, 0) is 41.4 Å². The maximum absolute atomic E-state index is 11.3. The van der Waals surface area contributed by atoms with Gasteiger partial charge in [-0.2, -0.15) is 0 Å². The molecule has 0 saturated carbocycles. The molecule has 0 fully saturated rings. The lowest BCUT2D eigenvalue weighted by molar-refractivity contribution is -0.112. The molecule has 0 radical (unpaired) electrons. The molecule has 1 N–H and O–H groups in total. The van der Waals surface area contributed by atoms with Gasteiger partial charge in [0.25, 0.3) is 0 Å². The Morgan fingerprint density at radius 3 is 2.06 bits per heavy atom. The van der Waals surface area contributed by atoms with Gasteiger partial charge in [-0.3, -0.25) is 0 Å². The first kappa shape index (κ1) is 27.3. The first-order chi connectivity index (χ1) is 16.0. The van der Waals surface area contributed by atoms with Gasteiger partial charge in [0, 0.05) is 0 Å². The van der Waals surface area contributed by atoms with E-state index < -0.39 is 26.6 Å². The van der Waals surface area contributed by atoms with Crippen LogP contribution in [0.15, 0.2) is 67.3 Å². The van der Waals surface area contributed by atoms with Crippen molar-refractivity contribution in [1.29, 1.82) is 0 Å². The number of rotatable bonds is 16. The number of hydrogen-bond donors (Lipinski definition) is 1. The lowest BCUT2D eigenvalue weighted by atomic mass is 10.1. The van der Waals surface area contributed by atoms with Crippen molar-refractivity contribution in [3.8, 4) is 5.75 Å². The van der Waals surface area contributed by atoms with Crippen molar-refractivity contribution in [3.05, 3.63) is 78.4 Å². The molecule has 2 aromatic carbocycles. The highest BCUT2D eigenvalue weighted by Gasteiger charge is 2.36. The van der Waals surface area contributed by atoms with Crippen LogP contribution in [0.5, 0.6) is 5.75 Å². The van der Waals surface area contributed by atoms with Gasteiger partial charge >= 0.3 is 0 Å². The van der Waals surface area contributed by atoms with E-state index in [-0.39, 0.29) is 6.61 Å². The van der Waals surface area contributed by atoms with Gasteiger partial charge in [-0.15, -0.1) is 6.58 Å². The molecule has 0 spiro atoms. The third-order valence-corrected chi connectivity index (χ3v) is 10.9. The quantitative estimate of drug-likeness (QED) is 0.250. The molecule has 6 heteroatoms. The van der Waals surface area contributed by atoms with Crippen LogP contribution in [0.3, 0.4) is 0 Å². The molecule has 0 aliphatic carbocycles. The van der Waals surface area contributed by atoms with E-state index in [1.54, 1.807) is 13.2 Å². The Balaban J connectivity index is 2.08. The summed E-state index contributed by atoms with van der Waals surface area (Å²) in [6.45, 7) is 11.5. The first-order valence-corrected chi connectivity index (χ1v) is 14.4. The van der Waals surface area contributed by atoms with Crippen LogP contribution < -0.4 is 4.74 Å². The van der Waals surface area contributed by atoms with Gasteiger partial charge in [0.05, 0.1) is 33.0 Å². The van der Waals surface area contributed by atoms with Crippen LogP contribution in [0.2, 0.25) is 18.1 Å². The Bertz CT molecular complexity index is 784. The lowest BCUT2D eigenvalue weighted by Crippen LogP contribution is -2.48. The van der Waals surface area contributed by atoms with Gasteiger partial charge in [-0.25, -0.2) is 0 Å². The molecule has 0 unspecified atom stereocenters. The summed E-state index contributed by atoms with van der Waals surface area (Å²) < 4.78 is 23.9. The molecule has 5 nitrogen and oxygen atoms in total. The third-order valence-electron chi connectivity index (χ3n) is 6.29. The Hall–Kier alpha value is -1.96. The molecule has 0 saturated heterocycles. The number of methoxy groups -OCH3 is 1. The smallest absolute Gasteiger partial charge is 0.193 e. The average molecular weight is 473 g/mol. The normalized spacial score (nSPS) is 14.5. The van der Waals surface area contributed by atoms with Gasteiger partial charge in [0.15, 0.2) is 8.32 Å². The molecule has 0 aliphatic heterocycles. The van der Waals surface area contributed by atoms with Gasteiger partial charge in [0.1, 0.15) is 18.0 Å². The van der Waals surface area contributed by atoms with Crippen LogP contribution in [0, 0.1) is 0 Å². The second kappa shape index (κ2) is 14.3. The van der Waals surface area contributed by atoms with Crippen LogP contribution in [-0.4, -0.2) is 45.5 Å². The number of aliphatic hydroxyl groups excluding tert-OH is 1. The topological polar surface area (TPSA) is 57.2 Å². The lowest BCUT2D eigenvalue weighted by Gasteiger charge is -2.36. The Morgan fingerprint density at radius 1 is 0.909 bits per heavy atom. The third kappa shape index (κ3) is 8.39. The van der Waals surface area contributed by atoms with Crippen LogP contribution in [0.4, 0.5) is 0 Å². The van der Waals surface area contributed by atoms with E-state index in [0.717, 1.165) is 35.0 Å². The maximum atomic E-state index is 11.3. The zero-order valence-corrected chi connectivity index (χ0v) is 21.5. The van der Waals surface area contributed by atoms with Gasteiger partial charge in [0.2, 0.25) is 0 Å². The summed E-state index contributed by atoms with van der Waals surface area (Å²) >= 11 is 0. The van der Waals surface area contributed by atoms with Crippen molar-refractivity contribution in [2.24, 2.45) is 0 Å². The van der Waals surface area contributed by atoms with Crippen LogP contribution in [0.25, 0.3) is 0 Å². The van der Waals surface area contributed by atoms with Crippen LogP contribution >= 0.6 is 0 Å². The molecule has 0 bridgehead atoms. The SMILES string of the molecule is C=C[C@@H](O[Si](CC)(CC)CC)[C@@H](O)[C@@H](COCc1ccc(OC)cc1)OCc1ccccc1. The maximum Gasteiger partial charge on any atom is 0.193 e. The fourth-order valence-electron chi connectivity index (χ4n) is 3.79. The van der Waals surface area contributed by atoms with E-state index in [9.17, 15) is 5.11 Å². The van der Waals surface area contributed by atoms with Crippen molar-refractivity contribution >= 4 is 8.32 Å². The van der Waals surface area contributed by atoms with Gasteiger partial charge in [-0.1, -0.05) is 69.3 Å². The van der Waals surface area contributed by atoms with E-state index in [1.807, 2.05) is 54.6 Å². The zero-order valence-electron chi connectivity index (χ0n) is 20.5. The number of hydrogen-bond acceptors (Lipinski definition) is 5. The summed E-state index contributed by atoms with van der Waals surface area (Å²) in [6.07, 6.45) is -0.223. The van der Waals surface area contributed by atoms with E-state index in [4.69, 9.17) is 18.6 Å². The largest absolute Gasteiger partial charge is 0.497 e. The monoisotopic (exact) mass is 472 g/mol. The Labute approximate surface area is 200 Å². The molecule has 0 amide bonds. The predicted molar refractivity (Wildman–Crippen MR) is 136 cm³/mol. The number of ether oxygens (including phenoxy) is 3. The molecule has 0 aliphatic rings. The minimum absolute atomic E-state index is 0.243. The molecule has 2 rings (SSSR count). The number of aliphatic hydroxyl groups is 1. The summed E-state index contributed by atoms with van der Waals surface area (Å²) in [7, 11) is -0.284. The standard InChI is InChI=1S/C27H40O5Si/c1-6-25(32-33(7-2,8-3)9-4)27(28)26(31-20-22-13-11-10-12-14-22)21-30-19-23-15-17-24(29-5)18-16-23/h6,10-18,25-28H,1,7-9,19-21H2,2-5H3/t25-,26-,27-/m1/s1. The highest BCUT2D eigenvalue weighted by atomic mass is 28.4. The van der Waals surface area contributed by atoms with Gasteiger partial charge < -0.3 is 23.7 Å². The molecule has 2 aromatic rings. The first-order valence-electron chi connectivity index (χ1n) is 11.8. The average Bonchev–Trinajstić information content (AvgIpc) is 2.88. The van der Waals surface area contributed by atoms with Crippen molar-refractivity contribution in [3.63, 3.8) is 0 Å². The van der Waals surface area contributed by atoms with E-state index in [1.165, 1.54) is 0 Å². The Morgan fingerprint density at radius 2 is 1.52 bits per heavy atom. The minimum Gasteiger partial charge on any atom is -0.497 e. The summed E-state index contributed by atoms with van der Waals surface area (Å²) in [6, 6.07) is 20.7. The highest BCUT2D eigenvalue weighted by molar-refractivity contribution is 6.73.